The Labute approximate surface area is 255 Å². The Morgan fingerprint density at radius 1 is 1.16 bits per heavy atom. The maximum absolute atomic E-state index is 13.8. The molecule has 4 aliphatic heterocycles. The van der Waals surface area contributed by atoms with E-state index in [0.29, 0.717) is 30.4 Å². The highest BCUT2D eigenvalue weighted by Gasteiger charge is 2.31. The van der Waals surface area contributed by atoms with Crippen LogP contribution in [-0.2, 0) is 17.8 Å². The number of carbonyl (C=O) groups excluding carboxylic acids is 1. The van der Waals surface area contributed by atoms with Gasteiger partial charge in [-0.05, 0) is 67.3 Å². The van der Waals surface area contributed by atoms with Gasteiger partial charge in [-0.2, -0.15) is 0 Å². The van der Waals surface area contributed by atoms with Crippen LogP contribution in [0.4, 0.5) is 15.9 Å². The van der Waals surface area contributed by atoms with Crippen molar-refractivity contribution < 1.29 is 13.9 Å². The number of hydrogen-bond donors (Lipinski definition) is 2. The molecule has 0 radical (unpaired) electrons. The smallest absolute Gasteiger partial charge is 0.152 e. The van der Waals surface area contributed by atoms with Gasteiger partial charge in [0.05, 0.1) is 30.6 Å². The first kappa shape index (κ1) is 31.0. The molecule has 2 aromatic rings. The topological polar surface area (TPSA) is 82.1 Å². The molecule has 3 unspecified atom stereocenters. The van der Waals surface area contributed by atoms with E-state index in [2.05, 4.69) is 33.5 Å². The van der Waals surface area contributed by atoms with Crippen molar-refractivity contribution in [1.82, 2.24) is 20.1 Å². The lowest BCUT2D eigenvalue weighted by atomic mass is 9.93. The Bertz CT molecular complexity index is 1380. The van der Waals surface area contributed by atoms with Crippen molar-refractivity contribution in [3.8, 4) is 0 Å². The zero-order chi connectivity index (χ0) is 30.3. The van der Waals surface area contributed by atoms with E-state index < -0.39 is 0 Å². The van der Waals surface area contributed by atoms with Crippen LogP contribution in [0.25, 0.3) is 0 Å². The summed E-state index contributed by atoms with van der Waals surface area (Å²) in [4.78, 5) is 26.7. The predicted molar refractivity (Wildman–Crippen MR) is 171 cm³/mol. The Morgan fingerprint density at radius 2 is 2.00 bits per heavy atom. The Balaban J connectivity index is 0.00000180. The molecule has 0 spiro atoms. The molecule has 1 aromatic heterocycles. The summed E-state index contributed by atoms with van der Waals surface area (Å²) in [6.07, 6.45) is 9.01. The second kappa shape index (κ2) is 14.4. The number of amidine groups is 1. The highest BCUT2D eigenvalue weighted by Crippen LogP contribution is 2.36. The molecular formula is C34H45FN6O2. The van der Waals surface area contributed by atoms with E-state index in [9.17, 15) is 9.18 Å². The van der Waals surface area contributed by atoms with Gasteiger partial charge in [-0.15, -0.1) is 0 Å². The predicted octanol–water partition coefficient (Wildman–Crippen LogP) is 6.26. The summed E-state index contributed by atoms with van der Waals surface area (Å²) >= 11 is 0. The number of allylic oxidation sites excluding steroid dienone is 2. The highest BCUT2D eigenvalue weighted by atomic mass is 19.1. The molecule has 6 rings (SSSR count). The van der Waals surface area contributed by atoms with Crippen LogP contribution in [0.1, 0.15) is 84.7 Å². The van der Waals surface area contributed by atoms with E-state index in [0.717, 1.165) is 79.8 Å². The molecule has 0 bridgehead atoms. The third kappa shape index (κ3) is 6.74. The minimum Gasteiger partial charge on any atom is -0.381 e. The Hall–Kier alpha value is -3.40. The molecule has 0 aliphatic carbocycles. The van der Waals surface area contributed by atoms with E-state index in [1.165, 1.54) is 30.6 Å². The van der Waals surface area contributed by atoms with Crippen LogP contribution in [0.2, 0.25) is 0 Å². The second-order valence-electron chi connectivity index (χ2n) is 11.4. The first-order chi connectivity index (χ1) is 21.1. The molecule has 5 heterocycles. The van der Waals surface area contributed by atoms with Gasteiger partial charge in [0.1, 0.15) is 17.5 Å². The standard InChI is InChI=1S/C32H39FN6O2.C2H6/c1-3-21-8-11-38(17-21)18-29-24(22-10-13-41-20-22)5-7-31(37-29)36-28-6-4-25(26(15-34-2)27(28)19-40)30-16-35-32-14-23(33)9-12-39(30)32;1-2/h4-7,9,12,14,19,21-22,30,34H,3,8,10-11,13,15-18,20H2,1-2H3,(H,36,37);1-2H3. The van der Waals surface area contributed by atoms with Crippen molar-refractivity contribution in [3.05, 3.63) is 76.4 Å². The van der Waals surface area contributed by atoms with Gasteiger partial charge in [0.2, 0.25) is 0 Å². The number of halogens is 1. The summed E-state index contributed by atoms with van der Waals surface area (Å²) in [6, 6.07) is 8.10. The molecular weight excluding hydrogens is 543 g/mol. The lowest BCUT2D eigenvalue weighted by Gasteiger charge is -2.28. The normalized spacial score (nSPS) is 23.0. The molecule has 8 nitrogen and oxygen atoms in total. The Morgan fingerprint density at radius 3 is 2.72 bits per heavy atom. The van der Waals surface area contributed by atoms with Crippen molar-refractivity contribution in [2.24, 2.45) is 10.9 Å². The van der Waals surface area contributed by atoms with Crippen LogP contribution in [0, 0.1) is 5.92 Å². The van der Waals surface area contributed by atoms with Gasteiger partial charge in [-0.3, -0.25) is 14.7 Å². The number of aldehydes is 1. The minimum atomic E-state index is -0.308. The minimum absolute atomic E-state index is 0.105. The maximum Gasteiger partial charge on any atom is 0.152 e. The molecule has 3 atom stereocenters. The number of pyridine rings is 1. The number of aliphatic imine (C=N–C) groups is 1. The Kier molecular flexibility index (Phi) is 10.4. The molecule has 2 saturated heterocycles. The van der Waals surface area contributed by atoms with Crippen LogP contribution in [-0.4, -0.2) is 66.8 Å². The summed E-state index contributed by atoms with van der Waals surface area (Å²) in [6.45, 7) is 11.9. The number of aromatic nitrogens is 1. The maximum atomic E-state index is 13.8. The molecule has 0 saturated carbocycles. The zero-order valence-corrected chi connectivity index (χ0v) is 25.9. The molecule has 2 N–H and O–H groups in total. The van der Waals surface area contributed by atoms with Crippen LogP contribution in [0.15, 0.2) is 53.4 Å². The monoisotopic (exact) mass is 588 g/mol. The molecule has 4 aliphatic rings. The van der Waals surface area contributed by atoms with Crippen LogP contribution in [0.5, 0.6) is 0 Å². The van der Waals surface area contributed by atoms with Gasteiger partial charge in [0.25, 0.3) is 0 Å². The average Bonchev–Trinajstić information content (AvgIpc) is 3.80. The third-order valence-corrected chi connectivity index (χ3v) is 8.87. The summed E-state index contributed by atoms with van der Waals surface area (Å²) in [7, 11) is 1.87. The number of benzene rings is 1. The fourth-order valence-corrected chi connectivity index (χ4v) is 6.59. The molecule has 230 valence electrons. The molecule has 0 amide bonds. The number of likely N-dealkylation sites (tertiary alicyclic amines) is 1. The molecule has 9 heteroatoms. The number of hydrogen-bond acceptors (Lipinski definition) is 8. The number of rotatable bonds is 10. The van der Waals surface area contributed by atoms with Crippen molar-refractivity contribution in [2.45, 2.75) is 65.1 Å². The molecule has 43 heavy (non-hydrogen) atoms. The van der Waals surface area contributed by atoms with E-state index in [1.807, 2.05) is 44.0 Å². The number of nitrogens with one attached hydrogen (secondary N) is 2. The van der Waals surface area contributed by atoms with E-state index in [4.69, 9.17) is 9.72 Å². The zero-order valence-electron chi connectivity index (χ0n) is 25.9. The fourth-order valence-electron chi connectivity index (χ4n) is 6.59. The first-order valence-electron chi connectivity index (χ1n) is 15.8. The van der Waals surface area contributed by atoms with Crippen LogP contribution < -0.4 is 10.6 Å². The van der Waals surface area contributed by atoms with Gasteiger partial charge < -0.3 is 20.3 Å². The highest BCUT2D eigenvalue weighted by molar-refractivity contribution is 5.97. The number of anilines is 2. The first-order valence-corrected chi connectivity index (χ1v) is 15.8. The SMILES string of the molecule is CC.CCC1CCN(Cc2nc(Nc3ccc(C4CN=C5C=C(F)C=CN54)c(CNC)c3C=O)ccc2C2CCOC2)C1. The second-order valence-corrected chi connectivity index (χ2v) is 11.4. The summed E-state index contributed by atoms with van der Waals surface area (Å²) in [5.41, 5.74) is 5.57. The average molecular weight is 589 g/mol. The quantitative estimate of drug-likeness (QED) is 0.317. The van der Waals surface area contributed by atoms with Crippen LogP contribution >= 0.6 is 0 Å². The van der Waals surface area contributed by atoms with Crippen molar-refractivity contribution in [1.29, 1.82) is 0 Å². The van der Waals surface area contributed by atoms with E-state index >= 15 is 0 Å². The van der Waals surface area contributed by atoms with Crippen molar-refractivity contribution in [3.63, 3.8) is 0 Å². The fraction of sp³-hybridized carbons (Fsp3) is 0.500. The van der Waals surface area contributed by atoms with Crippen molar-refractivity contribution in [2.75, 3.05) is 45.2 Å². The van der Waals surface area contributed by atoms with E-state index in [-0.39, 0.29) is 11.9 Å². The van der Waals surface area contributed by atoms with Gasteiger partial charge >= 0.3 is 0 Å². The van der Waals surface area contributed by atoms with Crippen molar-refractivity contribution >= 4 is 23.6 Å². The number of nitrogens with zero attached hydrogens (tertiary/aromatic N) is 4. The molecule has 2 fully saturated rings. The number of fused-ring (bicyclic) bond motifs is 1. The number of carbonyl (C=O) groups is 1. The third-order valence-electron chi connectivity index (χ3n) is 8.87. The summed E-state index contributed by atoms with van der Waals surface area (Å²) < 4.78 is 19.5. The summed E-state index contributed by atoms with van der Waals surface area (Å²) in [5.74, 6) is 2.15. The lowest BCUT2D eigenvalue weighted by molar-refractivity contribution is 0.112. The van der Waals surface area contributed by atoms with Gasteiger partial charge in [0, 0.05) is 50.0 Å². The van der Waals surface area contributed by atoms with Crippen LogP contribution in [0.3, 0.4) is 0 Å². The largest absolute Gasteiger partial charge is 0.381 e. The molecule has 1 aromatic carbocycles. The van der Waals surface area contributed by atoms with Gasteiger partial charge in [0.15, 0.2) is 6.29 Å². The van der Waals surface area contributed by atoms with Gasteiger partial charge in [-0.25, -0.2) is 9.37 Å². The van der Waals surface area contributed by atoms with E-state index in [1.54, 1.807) is 6.20 Å². The summed E-state index contributed by atoms with van der Waals surface area (Å²) in [5, 5.41) is 6.69. The van der Waals surface area contributed by atoms with Gasteiger partial charge in [-0.1, -0.05) is 39.3 Å². The number of ether oxygens (including phenoxy) is 1. The lowest BCUT2D eigenvalue weighted by Crippen LogP contribution is -2.28.